The fourth-order valence-corrected chi connectivity index (χ4v) is 7.77. The number of benzene rings is 1. The maximum atomic E-state index is 14.8. The summed E-state index contributed by atoms with van der Waals surface area (Å²) in [4.78, 5) is 0. The zero-order chi connectivity index (χ0) is 24.6. The average molecular weight is 487 g/mol. The van der Waals surface area contributed by atoms with Gasteiger partial charge in [-0.15, -0.1) is 0 Å². The average Bonchev–Trinajstić information content (AvgIpc) is 2.89. The van der Waals surface area contributed by atoms with Crippen LogP contribution in [0.5, 0.6) is 5.75 Å². The molecule has 3 aliphatic carbocycles. The molecule has 196 valence electrons. The first-order valence-electron chi connectivity index (χ1n) is 14.8. The van der Waals surface area contributed by atoms with Gasteiger partial charge in [-0.25, -0.2) is 4.39 Å². The second-order valence-corrected chi connectivity index (χ2v) is 12.0. The van der Waals surface area contributed by atoms with E-state index in [0.717, 1.165) is 42.4 Å². The van der Waals surface area contributed by atoms with Crippen molar-refractivity contribution in [2.75, 3.05) is 6.61 Å². The van der Waals surface area contributed by atoms with Gasteiger partial charge in [0.15, 0.2) is 11.6 Å². The van der Waals surface area contributed by atoms with Crippen molar-refractivity contribution in [1.29, 1.82) is 0 Å². The van der Waals surface area contributed by atoms with Crippen LogP contribution in [-0.4, -0.2) is 6.61 Å². The molecule has 3 fully saturated rings. The molecule has 4 unspecified atom stereocenters. The van der Waals surface area contributed by atoms with E-state index in [4.69, 9.17) is 4.74 Å². The number of hydrogen-bond donors (Lipinski definition) is 0. The van der Waals surface area contributed by atoms with Gasteiger partial charge in [0.05, 0.1) is 0 Å². The predicted octanol–water partition coefficient (Wildman–Crippen LogP) is 10.00. The van der Waals surface area contributed by atoms with E-state index in [1.54, 1.807) is 18.2 Å². The van der Waals surface area contributed by atoms with Gasteiger partial charge in [-0.3, -0.25) is 0 Å². The van der Waals surface area contributed by atoms with Crippen LogP contribution in [0.15, 0.2) is 24.8 Å². The summed E-state index contributed by atoms with van der Waals surface area (Å²) in [5.74, 6) is 3.15. The highest BCUT2D eigenvalue weighted by Crippen LogP contribution is 2.50. The fourth-order valence-electron chi connectivity index (χ4n) is 7.77. The van der Waals surface area contributed by atoms with Crippen LogP contribution in [0.1, 0.15) is 121 Å². The van der Waals surface area contributed by atoms with Gasteiger partial charge in [0.25, 0.3) is 0 Å². The summed E-state index contributed by atoms with van der Waals surface area (Å²) >= 11 is 0. The molecular weight excluding hydrogens is 438 g/mol. The van der Waals surface area contributed by atoms with Gasteiger partial charge in [0, 0.05) is 0 Å². The van der Waals surface area contributed by atoms with Crippen molar-refractivity contribution >= 4 is 0 Å². The van der Waals surface area contributed by atoms with Gasteiger partial charge in [0.2, 0.25) is 5.82 Å². The van der Waals surface area contributed by atoms with Crippen LogP contribution >= 0.6 is 0 Å². The SMILES string of the molecule is C=CCOc1ccc(C2CCC(C3CCC4CC(CCCCCCC)CCC4C3)CC2)c(F)c1F. The van der Waals surface area contributed by atoms with Crippen molar-refractivity contribution in [3.05, 3.63) is 42.0 Å². The highest BCUT2D eigenvalue weighted by molar-refractivity contribution is 5.33. The van der Waals surface area contributed by atoms with Crippen LogP contribution in [-0.2, 0) is 0 Å². The molecule has 4 atom stereocenters. The largest absolute Gasteiger partial charge is 0.486 e. The zero-order valence-electron chi connectivity index (χ0n) is 22.1. The molecule has 3 aliphatic rings. The van der Waals surface area contributed by atoms with Gasteiger partial charge < -0.3 is 4.74 Å². The third kappa shape index (κ3) is 6.89. The van der Waals surface area contributed by atoms with Crippen molar-refractivity contribution < 1.29 is 13.5 Å². The minimum atomic E-state index is -0.846. The Morgan fingerprint density at radius 2 is 1.46 bits per heavy atom. The van der Waals surface area contributed by atoms with Crippen molar-refractivity contribution in [3.8, 4) is 5.75 Å². The number of rotatable bonds is 11. The van der Waals surface area contributed by atoms with Crippen LogP contribution < -0.4 is 4.74 Å². The Hall–Kier alpha value is -1.38. The van der Waals surface area contributed by atoms with Gasteiger partial charge in [-0.1, -0.05) is 70.6 Å². The van der Waals surface area contributed by atoms with E-state index < -0.39 is 11.6 Å². The lowest BCUT2D eigenvalue weighted by Gasteiger charge is -2.45. The Morgan fingerprint density at radius 3 is 2.20 bits per heavy atom. The standard InChI is InChI=1S/C32H48F2O/c1-3-5-6-7-8-9-23-10-11-28-22-27(17-16-26(28)21-23)24-12-14-25(15-13-24)29-18-19-30(35-20-4-2)32(34)31(29)33/h4,18-19,23-28H,2-3,5-17,20-22H2,1H3. The summed E-state index contributed by atoms with van der Waals surface area (Å²) in [7, 11) is 0. The lowest BCUT2D eigenvalue weighted by atomic mass is 9.60. The van der Waals surface area contributed by atoms with Gasteiger partial charge in [0.1, 0.15) is 6.61 Å². The Kier molecular flexibility index (Phi) is 10.1. The molecular formula is C32H48F2O. The Balaban J connectivity index is 1.22. The van der Waals surface area contributed by atoms with Crippen LogP contribution in [0.4, 0.5) is 8.78 Å². The maximum absolute atomic E-state index is 14.8. The molecule has 3 heteroatoms. The Bertz CT molecular complexity index is 797. The summed E-state index contributed by atoms with van der Waals surface area (Å²) in [5, 5.41) is 0. The summed E-state index contributed by atoms with van der Waals surface area (Å²) in [6, 6.07) is 3.33. The summed E-state index contributed by atoms with van der Waals surface area (Å²) in [6.45, 7) is 6.05. The van der Waals surface area contributed by atoms with Crippen LogP contribution in [0.2, 0.25) is 0 Å². The van der Waals surface area contributed by atoms with E-state index in [1.807, 2.05) is 0 Å². The smallest absolute Gasteiger partial charge is 0.200 e. The number of ether oxygens (including phenoxy) is 1. The van der Waals surface area contributed by atoms with Crippen molar-refractivity contribution in [2.45, 2.75) is 116 Å². The molecule has 0 amide bonds. The monoisotopic (exact) mass is 486 g/mol. The van der Waals surface area contributed by atoms with E-state index in [9.17, 15) is 8.78 Å². The number of fused-ring (bicyclic) bond motifs is 1. The molecule has 4 rings (SSSR count). The number of hydrogen-bond acceptors (Lipinski definition) is 1. The molecule has 35 heavy (non-hydrogen) atoms. The van der Waals surface area contributed by atoms with Crippen LogP contribution in [0.3, 0.4) is 0 Å². The third-order valence-corrected chi connectivity index (χ3v) is 9.79. The molecule has 0 spiro atoms. The van der Waals surface area contributed by atoms with E-state index in [1.165, 1.54) is 89.9 Å². The van der Waals surface area contributed by atoms with Gasteiger partial charge >= 0.3 is 0 Å². The van der Waals surface area contributed by atoms with E-state index in [0.29, 0.717) is 5.56 Å². The first-order chi connectivity index (χ1) is 17.1. The molecule has 0 aromatic heterocycles. The van der Waals surface area contributed by atoms with Crippen LogP contribution in [0.25, 0.3) is 0 Å². The quantitative estimate of drug-likeness (QED) is 0.223. The molecule has 0 heterocycles. The topological polar surface area (TPSA) is 9.23 Å². The maximum Gasteiger partial charge on any atom is 0.200 e. The Labute approximate surface area is 213 Å². The summed E-state index contributed by atoms with van der Waals surface area (Å²) in [6.07, 6.45) is 23.1. The summed E-state index contributed by atoms with van der Waals surface area (Å²) in [5.41, 5.74) is 0.545. The minimum Gasteiger partial charge on any atom is -0.486 e. The van der Waals surface area contributed by atoms with Crippen LogP contribution in [0, 0.1) is 41.2 Å². The highest BCUT2D eigenvalue weighted by Gasteiger charge is 2.39. The molecule has 0 aliphatic heterocycles. The van der Waals surface area contributed by atoms with Crippen molar-refractivity contribution in [2.24, 2.45) is 29.6 Å². The van der Waals surface area contributed by atoms with E-state index in [2.05, 4.69) is 13.5 Å². The molecule has 1 aromatic rings. The second-order valence-electron chi connectivity index (χ2n) is 12.0. The molecule has 0 N–H and O–H groups in total. The normalized spacial score (nSPS) is 31.1. The Morgan fingerprint density at radius 1 is 0.800 bits per heavy atom. The molecule has 1 nitrogen and oxygen atoms in total. The third-order valence-electron chi connectivity index (χ3n) is 9.79. The molecule has 0 saturated heterocycles. The summed E-state index contributed by atoms with van der Waals surface area (Å²) < 4.78 is 34.5. The van der Waals surface area contributed by atoms with Gasteiger partial charge in [-0.05, 0) is 105 Å². The van der Waals surface area contributed by atoms with Gasteiger partial charge in [-0.2, -0.15) is 4.39 Å². The second kappa shape index (κ2) is 13.2. The molecule has 1 aromatic carbocycles. The zero-order valence-corrected chi connectivity index (χ0v) is 22.1. The lowest BCUT2D eigenvalue weighted by Crippen LogP contribution is -2.34. The highest BCUT2D eigenvalue weighted by atomic mass is 19.2. The van der Waals surface area contributed by atoms with Crippen molar-refractivity contribution in [3.63, 3.8) is 0 Å². The molecule has 0 bridgehead atoms. The number of unbranched alkanes of at least 4 members (excludes halogenated alkanes) is 4. The predicted molar refractivity (Wildman–Crippen MR) is 142 cm³/mol. The first-order valence-corrected chi connectivity index (χ1v) is 14.8. The number of halogens is 2. The first kappa shape index (κ1) is 26.7. The fraction of sp³-hybridized carbons (Fsp3) is 0.750. The lowest BCUT2D eigenvalue weighted by molar-refractivity contribution is 0.0612. The van der Waals surface area contributed by atoms with E-state index in [-0.39, 0.29) is 18.3 Å². The van der Waals surface area contributed by atoms with Crippen molar-refractivity contribution in [1.82, 2.24) is 0 Å². The molecule has 0 radical (unpaired) electrons. The molecule has 3 saturated carbocycles. The van der Waals surface area contributed by atoms with E-state index >= 15 is 0 Å². The minimum absolute atomic E-state index is 0.0113.